The minimum atomic E-state index is -5.10. The largest absolute Gasteiger partial charge is 0.497 e. The molecule has 0 aliphatic carbocycles. The lowest BCUT2D eigenvalue weighted by molar-refractivity contribution is -0.0887. The highest BCUT2D eigenvalue weighted by Gasteiger charge is 2.41. The number of benzene rings is 1. The molecule has 88 valence electrons. The molecule has 0 heterocycles. The van der Waals surface area contributed by atoms with E-state index in [9.17, 15) is 22.4 Å². The number of halogens is 4. The van der Waals surface area contributed by atoms with Crippen LogP contribution in [0, 0.1) is 12.7 Å². The zero-order valence-electron chi connectivity index (χ0n) is 8.48. The van der Waals surface area contributed by atoms with Crippen LogP contribution in [0.1, 0.15) is 15.9 Å². The van der Waals surface area contributed by atoms with E-state index in [4.69, 9.17) is 0 Å². The summed E-state index contributed by atoms with van der Waals surface area (Å²) in [6.45, 7) is 1.25. The third-order valence-electron chi connectivity index (χ3n) is 1.97. The van der Waals surface area contributed by atoms with Gasteiger partial charge in [0.05, 0.1) is 12.7 Å². The molecule has 0 fully saturated rings. The van der Waals surface area contributed by atoms with Crippen LogP contribution in [0.5, 0.6) is 5.75 Å². The minimum Gasteiger partial charge on any atom is -0.497 e. The summed E-state index contributed by atoms with van der Waals surface area (Å²) in [5, 5.41) is 0. The summed E-state index contributed by atoms with van der Waals surface area (Å²) in [5.74, 6) is -3.39. The predicted molar refractivity (Wildman–Crippen MR) is 48.1 cm³/mol. The highest BCUT2D eigenvalue weighted by Crippen LogP contribution is 2.27. The van der Waals surface area contributed by atoms with E-state index in [1.54, 1.807) is 0 Å². The van der Waals surface area contributed by atoms with Crippen molar-refractivity contribution >= 4 is 5.78 Å². The number of rotatable bonds is 2. The van der Waals surface area contributed by atoms with Crippen molar-refractivity contribution < 1.29 is 27.1 Å². The number of ether oxygens (including phenoxy) is 1. The van der Waals surface area contributed by atoms with Crippen molar-refractivity contribution in [3.05, 3.63) is 29.1 Å². The highest BCUT2D eigenvalue weighted by molar-refractivity contribution is 6.01. The Bertz CT molecular complexity index is 424. The molecule has 2 nitrogen and oxygen atoms in total. The third-order valence-corrected chi connectivity index (χ3v) is 1.97. The van der Waals surface area contributed by atoms with E-state index in [-0.39, 0.29) is 11.3 Å². The summed E-state index contributed by atoms with van der Waals surface area (Å²) in [5.41, 5.74) is -1.10. The van der Waals surface area contributed by atoms with E-state index in [2.05, 4.69) is 4.74 Å². The van der Waals surface area contributed by atoms with Crippen LogP contribution in [0.15, 0.2) is 12.1 Å². The van der Waals surface area contributed by atoms with Gasteiger partial charge in [-0.25, -0.2) is 4.39 Å². The summed E-state index contributed by atoms with van der Waals surface area (Å²) < 4.78 is 54.4. The first-order valence-corrected chi connectivity index (χ1v) is 4.23. The molecular formula is C10H8F4O2. The number of hydrogen-bond acceptors (Lipinski definition) is 2. The van der Waals surface area contributed by atoms with Gasteiger partial charge in [-0.05, 0) is 24.6 Å². The monoisotopic (exact) mass is 236 g/mol. The van der Waals surface area contributed by atoms with Crippen molar-refractivity contribution in [2.24, 2.45) is 0 Å². The molecular weight excluding hydrogens is 228 g/mol. The van der Waals surface area contributed by atoms with Crippen LogP contribution >= 0.6 is 0 Å². The van der Waals surface area contributed by atoms with Crippen LogP contribution in [-0.2, 0) is 0 Å². The van der Waals surface area contributed by atoms with Gasteiger partial charge in [0.25, 0.3) is 5.78 Å². The van der Waals surface area contributed by atoms with Gasteiger partial charge >= 0.3 is 6.18 Å². The molecule has 0 radical (unpaired) electrons. The number of carbonyl (C=O) groups excluding carboxylic acids is 1. The number of ketones is 1. The Morgan fingerprint density at radius 1 is 1.31 bits per heavy atom. The Balaban J connectivity index is 3.33. The van der Waals surface area contributed by atoms with Gasteiger partial charge in [0.15, 0.2) is 0 Å². The molecule has 0 amide bonds. The normalized spacial score (nSPS) is 11.4. The first-order chi connectivity index (χ1) is 7.27. The lowest BCUT2D eigenvalue weighted by atomic mass is 10.1. The molecule has 0 aliphatic heterocycles. The average molecular weight is 236 g/mol. The summed E-state index contributed by atoms with van der Waals surface area (Å²) >= 11 is 0. The van der Waals surface area contributed by atoms with E-state index >= 15 is 0 Å². The maximum absolute atomic E-state index is 13.3. The van der Waals surface area contributed by atoms with Gasteiger partial charge < -0.3 is 4.74 Å². The first-order valence-electron chi connectivity index (χ1n) is 4.23. The smallest absolute Gasteiger partial charge is 0.454 e. The molecule has 0 spiro atoms. The van der Waals surface area contributed by atoms with E-state index in [1.165, 1.54) is 20.1 Å². The fourth-order valence-corrected chi connectivity index (χ4v) is 1.17. The third kappa shape index (κ3) is 2.32. The minimum absolute atomic E-state index is 0.00602. The summed E-state index contributed by atoms with van der Waals surface area (Å²) in [6, 6.07) is 1.95. The second kappa shape index (κ2) is 4.11. The second-order valence-corrected chi connectivity index (χ2v) is 3.13. The van der Waals surface area contributed by atoms with Crippen LogP contribution in [0.2, 0.25) is 0 Å². The summed E-state index contributed by atoms with van der Waals surface area (Å²) in [6.07, 6.45) is -5.10. The summed E-state index contributed by atoms with van der Waals surface area (Å²) in [4.78, 5) is 10.9. The molecule has 0 aliphatic rings. The Kier molecular flexibility index (Phi) is 3.21. The zero-order valence-corrected chi connectivity index (χ0v) is 8.48. The molecule has 16 heavy (non-hydrogen) atoms. The standard InChI is InChI=1S/C10H8F4O2/c1-5-3-6(16-2)4-7(8(5)11)9(15)10(12,13)14/h3-4H,1-2H3. The van der Waals surface area contributed by atoms with E-state index in [1.807, 2.05) is 0 Å². The van der Waals surface area contributed by atoms with Crippen LogP contribution in [0.4, 0.5) is 17.6 Å². The number of aryl methyl sites for hydroxylation is 1. The zero-order chi connectivity index (χ0) is 12.5. The van der Waals surface area contributed by atoms with Crippen molar-refractivity contribution in [1.29, 1.82) is 0 Å². The van der Waals surface area contributed by atoms with Crippen molar-refractivity contribution in [3.8, 4) is 5.75 Å². The molecule has 0 saturated carbocycles. The Labute approximate surface area is 88.8 Å². The SMILES string of the molecule is COc1cc(C)c(F)c(C(=O)C(F)(F)F)c1. The van der Waals surface area contributed by atoms with Crippen LogP contribution in [-0.4, -0.2) is 19.1 Å². The Morgan fingerprint density at radius 3 is 2.31 bits per heavy atom. The molecule has 6 heteroatoms. The first kappa shape index (κ1) is 12.5. The van der Waals surface area contributed by atoms with Crippen molar-refractivity contribution in [1.82, 2.24) is 0 Å². The molecule has 0 N–H and O–H groups in total. The van der Waals surface area contributed by atoms with Gasteiger partial charge in [-0.15, -0.1) is 0 Å². The highest BCUT2D eigenvalue weighted by atomic mass is 19.4. The lowest BCUT2D eigenvalue weighted by Gasteiger charge is -2.09. The fourth-order valence-electron chi connectivity index (χ4n) is 1.17. The van der Waals surface area contributed by atoms with Crippen LogP contribution in [0.3, 0.4) is 0 Å². The molecule has 1 aromatic rings. The second-order valence-electron chi connectivity index (χ2n) is 3.13. The van der Waals surface area contributed by atoms with E-state index < -0.39 is 23.3 Å². The van der Waals surface area contributed by atoms with Gasteiger partial charge in [-0.3, -0.25) is 4.79 Å². The van der Waals surface area contributed by atoms with Gasteiger partial charge in [0.1, 0.15) is 11.6 Å². The van der Waals surface area contributed by atoms with E-state index in [0.717, 1.165) is 6.07 Å². The Morgan fingerprint density at radius 2 is 1.88 bits per heavy atom. The molecule has 0 aromatic heterocycles. The molecule has 0 unspecified atom stereocenters. The average Bonchev–Trinajstić information content (AvgIpc) is 2.19. The van der Waals surface area contributed by atoms with Crippen LogP contribution < -0.4 is 4.74 Å². The number of carbonyl (C=O) groups is 1. The van der Waals surface area contributed by atoms with Gasteiger partial charge in [-0.1, -0.05) is 0 Å². The van der Waals surface area contributed by atoms with Gasteiger partial charge in [0, 0.05) is 0 Å². The topological polar surface area (TPSA) is 26.3 Å². The van der Waals surface area contributed by atoms with Crippen molar-refractivity contribution in [2.75, 3.05) is 7.11 Å². The Hall–Kier alpha value is -1.59. The number of Topliss-reactive ketones (excluding diaryl/α,β-unsaturated/α-hetero) is 1. The fraction of sp³-hybridized carbons (Fsp3) is 0.300. The molecule has 0 saturated heterocycles. The molecule has 0 atom stereocenters. The lowest BCUT2D eigenvalue weighted by Crippen LogP contribution is -2.24. The van der Waals surface area contributed by atoms with E-state index in [0.29, 0.717) is 0 Å². The molecule has 0 bridgehead atoms. The van der Waals surface area contributed by atoms with Crippen molar-refractivity contribution in [3.63, 3.8) is 0 Å². The maximum Gasteiger partial charge on any atom is 0.454 e. The quantitative estimate of drug-likeness (QED) is 0.583. The van der Waals surface area contributed by atoms with Gasteiger partial charge in [0.2, 0.25) is 0 Å². The number of hydrogen-bond donors (Lipinski definition) is 0. The maximum atomic E-state index is 13.3. The van der Waals surface area contributed by atoms with Crippen molar-refractivity contribution in [2.45, 2.75) is 13.1 Å². The van der Waals surface area contributed by atoms with Crippen LogP contribution in [0.25, 0.3) is 0 Å². The van der Waals surface area contributed by atoms with Gasteiger partial charge in [-0.2, -0.15) is 13.2 Å². The summed E-state index contributed by atoms with van der Waals surface area (Å²) in [7, 11) is 1.22. The molecule has 1 aromatic carbocycles. The number of alkyl halides is 3. The predicted octanol–water partition coefficient (Wildman–Crippen LogP) is 2.89. The molecule has 1 rings (SSSR count). The number of methoxy groups -OCH3 is 1.